The molecule has 0 spiro atoms. The van der Waals surface area contributed by atoms with Crippen LogP contribution in [0.2, 0.25) is 0 Å². The lowest BCUT2D eigenvalue weighted by atomic mass is 10.1. The van der Waals surface area contributed by atoms with Gasteiger partial charge < -0.3 is 0 Å². The first-order chi connectivity index (χ1) is 9.74. The van der Waals surface area contributed by atoms with Gasteiger partial charge in [-0.3, -0.25) is 10.2 Å². The third-order valence-corrected chi connectivity index (χ3v) is 4.93. The predicted molar refractivity (Wildman–Crippen MR) is 78.6 cm³/mol. The van der Waals surface area contributed by atoms with E-state index in [-0.39, 0.29) is 0 Å². The molecule has 0 heterocycles. The topological polar surface area (TPSA) is 24.1 Å². The zero-order valence-corrected chi connectivity index (χ0v) is 14.2. The molecule has 0 saturated heterocycles. The fraction of sp³-hybridized carbons (Fsp3) is 0.571. The number of nitrogens with one attached hydrogen (secondary N) is 2. The Morgan fingerprint density at radius 3 is 1.14 bits per heavy atom. The highest BCUT2D eigenvalue weighted by Gasteiger charge is 2.34. The molecule has 8 heteroatoms. The molecule has 0 aliphatic carbocycles. The van der Waals surface area contributed by atoms with Crippen molar-refractivity contribution in [1.29, 1.82) is 0 Å². The van der Waals surface area contributed by atoms with E-state index in [1.807, 2.05) is 0 Å². The van der Waals surface area contributed by atoms with Crippen molar-refractivity contribution in [2.24, 2.45) is 0 Å². The van der Waals surface area contributed by atoms with Gasteiger partial charge in [0.1, 0.15) is 0 Å². The molecular formula is C14H20F5N2P. The first kappa shape index (κ1) is 19.3. The number of halogens is 5. The van der Waals surface area contributed by atoms with Crippen LogP contribution in [0.3, 0.4) is 0 Å². The summed E-state index contributed by atoms with van der Waals surface area (Å²) in [6, 6.07) is 0. The van der Waals surface area contributed by atoms with Crippen molar-refractivity contribution >= 4 is 13.5 Å². The average molecular weight is 342 g/mol. The maximum Gasteiger partial charge on any atom is 0.200 e. The van der Waals surface area contributed by atoms with E-state index < -0.39 is 53.7 Å². The van der Waals surface area contributed by atoms with Crippen LogP contribution < -0.4 is 15.5 Å². The number of benzene rings is 1. The molecule has 0 bridgehead atoms. The normalized spacial score (nSPS) is 13.1. The van der Waals surface area contributed by atoms with Gasteiger partial charge in [0.05, 0.1) is 13.5 Å². The van der Waals surface area contributed by atoms with E-state index in [0.29, 0.717) is 0 Å². The molecule has 2 N–H and O–H groups in total. The molecule has 0 aromatic heterocycles. The highest BCUT2D eigenvalue weighted by atomic mass is 31.1. The lowest BCUT2D eigenvalue weighted by Gasteiger charge is -2.34. The smallest absolute Gasteiger partial charge is 0.200 e. The Morgan fingerprint density at radius 2 is 0.864 bits per heavy atom. The summed E-state index contributed by atoms with van der Waals surface area (Å²) < 4.78 is 68.1. The van der Waals surface area contributed by atoms with E-state index in [2.05, 4.69) is 10.2 Å². The van der Waals surface area contributed by atoms with Crippen molar-refractivity contribution in [3.05, 3.63) is 29.1 Å². The molecule has 22 heavy (non-hydrogen) atoms. The van der Waals surface area contributed by atoms with Gasteiger partial charge >= 0.3 is 0 Å². The van der Waals surface area contributed by atoms with Crippen molar-refractivity contribution in [3.8, 4) is 0 Å². The fourth-order valence-electron chi connectivity index (χ4n) is 1.60. The van der Waals surface area contributed by atoms with Crippen molar-refractivity contribution in [1.82, 2.24) is 10.2 Å². The molecule has 0 amide bonds. The quantitative estimate of drug-likeness (QED) is 0.374. The van der Waals surface area contributed by atoms with E-state index in [0.717, 1.165) is 0 Å². The second kappa shape index (κ2) is 6.38. The highest BCUT2D eigenvalue weighted by Crippen LogP contribution is 2.35. The Morgan fingerprint density at radius 1 is 0.591 bits per heavy atom. The van der Waals surface area contributed by atoms with Crippen molar-refractivity contribution in [2.45, 2.75) is 52.6 Å². The summed E-state index contributed by atoms with van der Waals surface area (Å²) in [5, 5.41) is 4.95. The first-order valence-corrected chi connectivity index (χ1v) is 7.96. The van der Waals surface area contributed by atoms with E-state index in [1.54, 1.807) is 41.5 Å². The van der Waals surface area contributed by atoms with Crippen LogP contribution in [0.1, 0.15) is 41.5 Å². The van der Waals surface area contributed by atoms with Crippen LogP contribution in [-0.2, 0) is 0 Å². The van der Waals surface area contributed by atoms with E-state index in [9.17, 15) is 22.0 Å². The minimum atomic E-state index is -2.15. The lowest BCUT2D eigenvalue weighted by molar-refractivity contribution is 0.383. The minimum absolute atomic E-state index is 0.593. The number of rotatable bonds is 3. The minimum Gasteiger partial charge on any atom is -0.275 e. The molecule has 0 saturated carbocycles. The number of hydrogen-bond donors (Lipinski definition) is 2. The van der Waals surface area contributed by atoms with Crippen molar-refractivity contribution in [3.63, 3.8) is 0 Å². The summed E-state index contributed by atoms with van der Waals surface area (Å²) in [6.07, 6.45) is 0. The number of hydrogen-bond acceptors (Lipinski definition) is 2. The van der Waals surface area contributed by atoms with E-state index in [1.165, 1.54) is 0 Å². The molecule has 1 aromatic carbocycles. The summed E-state index contributed by atoms with van der Waals surface area (Å²) in [5.41, 5.74) is -1.19. The Labute approximate surface area is 128 Å². The van der Waals surface area contributed by atoms with Gasteiger partial charge in [-0.1, -0.05) is 0 Å². The third-order valence-electron chi connectivity index (χ3n) is 2.30. The van der Waals surface area contributed by atoms with Gasteiger partial charge in [0.15, 0.2) is 23.3 Å². The van der Waals surface area contributed by atoms with Crippen molar-refractivity contribution in [2.75, 3.05) is 0 Å². The lowest BCUT2D eigenvalue weighted by Crippen LogP contribution is -2.45. The first-order valence-electron chi connectivity index (χ1n) is 6.62. The van der Waals surface area contributed by atoms with Gasteiger partial charge in [0, 0.05) is 11.1 Å². The molecule has 0 atom stereocenters. The van der Waals surface area contributed by atoms with Crippen molar-refractivity contribution < 1.29 is 22.0 Å². The van der Waals surface area contributed by atoms with Crippen LogP contribution in [0.25, 0.3) is 0 Å². The van der Waals surface area contributed by atoms with Gasteiger partial charge in [-0.15, -0.1) is 0 Å². The van der Waals surface area contributed by atoms with Crippen LogP contribution in [0.15, 0.2) is 0 Å². The van der Waals surface area contributed by atoms with Gasteiger partial charge in [-0.05, 0) is 41.5 Å². The van der Waals surface area contributed by atoms with Gasteiger partial charge in [-0.2, -0.15) is 0 Å². The Kier molecular flexibility index (Phi) is 5.59. The SMILES string of the molecule is CC(C)(C)NP(NC(C)(C)C)c1c(F)c(F)c(F)c(F)c1F. The Balaban J connectivity index is 3.49. The molecule has 1 rings (SSSR count). The fourth-order valence-corrected chi connectivity index (χ4v) is 3.81. The van der Waals surface area contributed by atoms with E-state index >= 15 is 0 Å². The summed E-state index contributed by atoms with van der Waals surface area (Å²) in [5.74, 6) is -9.65. The van der Waals surface area contributed by atoms with Gasteiger partial charge in [0.2, 0.25) is 5.82 Å². The molecule has 0 aliphatic heterocycles. The molecule has 1 aromatic rings. The maximum atomic E-state index is 14.0. The second-order valence-corrected chi connectivity index (χ2v) is 8.54. The van der Waals surface area contributed by atoms with Crippen LogP contribution >= 0.6 is 8.22 Å². The largest absolute Gasteiger partial charge is 0.275 e. The Bertz CT molecular complexity index is 519. The van der Waals surface area contributed by atoms with E-state index in [4.69, 9.17) is 0 Å². The molecular weight excluding hydrogens is 322 g/mol. The third kappa shape index (κ3) is 4.61. The van der Waals surface area contributed by atoms with Crippen LogP contribution in [0.5, 0.6) is 0 Å². The van der Waals surface area contributed by atoms with Crippen LogP contribution in [0, 0.1) is 29.1 Å². The Hall–Kier alpha value is -0.780. The van der Waals surface area contributed by atoms with Gasteiger partial charge in [0.25, 0.3) is 0 Å². The molecule has 2 nitrogen and oxygen atoms in total. The second-order valence-electron chi connectivity index (χ2n) is 6.98. The highest BCUT2D eigenvalue weighted by molar-refractivity contribution is 7.61. The standard InChI is InChI=1S/C14H20F5N2P/c1-13(2,3)20-22(21-14(4,5)6)12-10(18)8(16)7(15)9(17)11(12)19/h20-21H,1-6H3. The summed E-state index contributed by atoms with van der Waals surface area (Å²) >= 11 is 0. The molecule has 0 fully saturated rings. The maximum absolute atomic E-state index is 14.0. The van der Waals surface area contributed by atoms with Crippen LogP contribution in [-0.4, -0.2) is 11.1 Å². The average Bonchev–Trinajstić information content (AvgIpc) is 2.30. The zero-order chi connectivity index (χ0) is 17.5. The monoisotopic (exact) mass is 342 g/mol. The molecule has 0 radical (unpaired) electrons. The summed E-state index contributed by atoms with van der Waals surface area (Å²) in [7, 11) is -2.02. The van der Waals surface area contributed by atoms with Crippen LogP contribution in [0.4, 0.5) is 22.0 Å². The summed E-state index contributed by atoms with van der Waals surface area (Å²) in [6.45, 7) is 10.4. The summed E-state index contributed by atoms with van der Waals surface area (Å²) in [4.78, 5) is 0. The van der Waals surface area contributed by atoms with Gasteiger partial charge in [-0.25, -0.2) is 22.0 Å². The predicted octanol–water partition coefficient (Wildman–Crippen LogP) is 4.10. The molecule has 0 aliphatic rings. The molecule has 0 unspecified atom stereocenters. The zero-order valence-electron chi connectivity index (χ0n) is 13.3. The molecule has 126 valence electrons.